The highest BCUT2D eigenvalue weighted by Gasteiger charge is 2.45. The fourth-order valence-electron chi connectivity index (χ4n) is 5.75. The van der Waals surface area contributed by atoms with E-state index in [0.29, 0.717) is 39.7 Å². The molecular weight excluding hydrogens is 569 g/mol. The predicted octanol–water partition coefficient (Wildman–Crippen LogP) is 6.65. The van der Waals surface area contributed by atoms with E-state index in [2.05, 4.69) is 12.1 Å². The van der Waals surface area contributed by atoms with Gasteiger partial charge in [-0.05, 0) is 42.0 Å². The Kier molecular flexibility index (Phi) is 9.39. The van der Waals surface area contributed by atoms with Crippen molar-refractivity contribution in [2.75, 3.05) is 24.9 Å². The van der Waals surface area contributed by atoms with Crippen LogP contribution >= 0.6 is 24.0 Å². The first-order valence-corrected chi connectivity index (χ1v) is 15.2. The molecular formula is C33H32N2O5S2. The minimum absolute atomic E-state index is 0.281. The number of thioether (sulfide) groups is 1. The number of fused-ring (bicyclic) bond motifs is 1. The fourth-order valence-corrected chi connectivity index (χ4v) is 7.15. The Morgan fingerprint density at radius 3 is 2.29 bits per heavy atom. The molecule has 3 aromatic rings. The van der Waals surface area contributed by atoms with Crippen molar-refractivity contribution >= 4 is 52.0 Å². The lowest BCUT2D eigenvalue weighted by molar-refractivity contribution is -0.146. The van der Waals surface area contributed by atoms with Crippen LogP contribution in [0, 0.1) is 5.92 Å². The average Bonchev–Trinajstić information content (AvgIpc) is 3.43. The number of aryl methyl sites for hydroxylation is 1. The molecule has 42 heavy (non-hydrogen) atoms. The third-order valence-corrected chi connectivity index (χ3v) is 9.24. The summed E-state index contributed by atoms with van der Waals surface area (Å²) in [6, 6.07) is 26.8. The van der Waals surface area contributed by atoms with Crippen LogP contribution in [0.4, 0.5) is 10.5 Å². The predicted molar refractivity (Wildman–Crippen MR) is 168 cm³/mol. The molecule has 0 saturated carbocycles. The van der Waals surface area contributed by atoms with Gasteiger partial charge in [-0.2, -0.15) is 0 Å². The number of hydrogen-bond donors (Lipinski definition) is 0. The summed E-state index contributed by atoms with van der Waals surface area (Å²) in [4.78, 5) is 44.0. The van der Waals surface area contributed by atoms with Crippen LogP contribution in [0.25, 0.3) is 0 Å². The Labute approximate surface area is 255 Å². The van der Waals surface area contributed by atoms with Gasteiger partial charge in [0.15, 0.2) is 0 Å². The zero-order valence-electron chi connectivity index (χ0n) is 23.5. The Balaban J connectivity index is 1.58. The quantitative estimate of drug-likeness (QED) is 0.212. The lowest BCUT2D eigenvalue weighted by Gasteiger charge is -2.37. The standard InChI is InChI=1S/C33H32N2O5S2/c1-39-31(37)25(18-11-14-22-12-5-3-6-13-22)29-24-17-9-10-19-27(24)34(32(38)40-2)20-26(29)30(36)35-28(21-42-33(35)41)23-15-7-4-8-16-23/h3-10,12-13,15-17,19-20,25,28-29H,11,14,18,21H2,1-2H3/t25?,28-,29?/m1/s1. The first kappa shape index (κ1) is 29.5. The van der Waals surface area contributed by atoms with E-state index in [1.54, 1.807) is 11.0 Å². The molecule has 0 spiro atoms. The van der Waals surface area contributed by atoms with Gasteiger partial charge < -0.3 is 9.47 Å². The second-order valence-corrected chi connectivity index (χ2v) is 11.8. The van der Waals surface area contributed by atoms with E-state index in [1.165, 1.54) is 42.6 Å². The summed E-state index contributed by atoms with van der Waals surface area (Å²) >= 11 is 7.13. The van der Waals surface area contributed by atoms with Gasteiger partial charge in [0.05, 0.1) is 31.9 Å². The topological polar surface area (TPSA) is 76.2 Å². The van der Waals surface area contributed by atoms with E-state index in [9.17, 15) is 14.4 Å². The van der Waals surface area contributed by atoms with Gasteiger partial charge in [0, 0.05) is 23.4 Å². The highest BCUT2D eigenvalue weighted by molar-refractivity contribution is 8.23. The average molecular weight is 601 g/mol. The van der Waals surface area contributed by atoms with Crippen LogP contribution in [0.3, 0.4) is 0 Å². The lowest BCUT2D eigenvalue weighted by atomic mass is 9.75. The molecule has 7 nitrogen and oxygen atoms in total. The molecule has 2 aliphatic rings. The van der Waals surface area contributed by atoms with Crippen molar-refractivity contribution in [3.8, 4) is 0 Å². The number of nitrogens with zero attached hydrogens (tertiary/aromatic N) is 2. The van der Waals surface area contributed by atoms with Crippen molar-refractivity contribution < 1.29 is 23.9 Å². The Morgan fingerprint density at radius 1 is 0.929 bits per heavy atom. The van der Waals surface area contributed by atoms with E-state index in [1.807, 2.05) is 66.7 Å². The molecule has 3 atom stereocenters. The summed E-state index contributed by atoms with van der Waals surface area (Å²) in [6.07, 6.45) is 2.83. The number of thiocarbonyl (C=S) groups is 1. The third kappa shape index (κ3) is 5.98. The maximum Gasteiger partial charge on any atom is 0.418 e. The highest BCUT2D eigenvalue weighted by atomic mass is 32.2. The number of ether oxygens (including phenoxy) is 2. The van der Waals surface area contributed by atoms with Crippen LogP contribution in [0.5, 0.6) is 0 Å². The van der Waals surface area contributed by atoms with Crippen LogP contribution in [-0.4, -0.2) is 47.2 Å². The van der Waals surface area contributed by atoms with Gasteiger partial charge >= 0.3 is 12.1 Å². The zero-order valence-corrected chi connectivity index (χ0v) is 25.1. The number of esters is 1. The molecule has 0 radical (unpaired) electrons. The first-order valence-electron chi connectivity index (χ1n) is 13.8. The normalized spacial score (nSPS) is 18.6. The second kappa shape index (κ2) is 13.4. The molecule has 2 heterocycles. The number of rotatable bonds is 8. The largest absolute Gasteiger partial charge is 0.469 e. The number of para-hydroxylation sites is 1. The van der Waals surface area contributed by atoms with Crippen LogP contribution < -0.4 is 4.90 Å². The second-order valence-electron chi connectivity index (χ2n) is 10.1. The Hall–Kier alpha value is -3.95. The SMILES string of the molecule is COC(=O)C(CCCc1ccccc1)C1C(C(=O)N2C(=S)SC[C@@H]2c2ccccc2)=CN(C(=O)OC)c2ccccc21. The third-order valence-electron chi connectivity index (χ3n) is 7.76. The van der Waals surface area contributed by atoms with Crippen molar-refractivity contribution in [1.82, 2.24) is 4.90 Å². The van der Waals surface area contributed by atoms with Gasteiger partial charge in [-0.25, -0.2) is 4.79 Å². The maximum atomic E-state index is 14.6. The van der Waals surface area contributed by atoms with Crippen molar-refractivity contribution in [1.29, 1.82) is 0 Å². The Morgan fingerprint density at radius 2 is 1.60 bits per heavy atom. The highest BCUT2D eigenvalue weighted by Crippen LogP contribution is 2.47. The van der Waals surface area contributed by atoms with E-state index < -0.39 is 23.9 Å². The zero-order chi connectivity index (χ0) is 29.6. The summed E-state index contributed by atoms with van der Waals surface area (Å²) in [7, 11) is 2.66. The van der Waals surface area contributed by atoms with Gasteiger partial charge in [0.2, 0.25) is 0 Å². The molecule has 1 fully saturated rings. The van der Waals surface area contributed by atoms with Gasteiger partial charge in [-0.1, -0.05) is 103 Å². The molecule has 0 bridgehead atoms. The molecule has 0 aromatic heterocycles. The van der Waals surface area contributed by atoms with Gasteiger partial charge in [0.25, 0.3) is 5.91 Å². The summed E-state index contributed by atoms with van der Waals surface area (Å²) in [5.74, 6) is -1.48. The van der Waals surface area contributed by atoms with Crippen molar-refractivity contribution in [2.24, 2.45) is 5.92 Å². The summed E-state index contributed by atoms with van der Waals surface area (Å²) in [5.41, 5.74) is 3.65. The fraction of sp³-hybridized carbons (Fsp3) is 0.273. The molecule has 2 unspecified atom stereocenters. The summed E-state index contributed by atoms with van der Waals surface area (Å²) < 4.78 is 10.9. The van der Waals surface area contributed by atoms with Crippen molar-refractivity contribution in [3.05, 3.63) is 113 Å². The smallest absolute Gasteiger partial charge is 0.418 e. The Bertz CT molecular complexity index is 1490. The van der Waals surface area contributed by atoms with E-state index >= 15 is 0 Å². The first-order chi connectivity index (χ1) is 20.4. The molecule has 216 valence electrons. The van der Waals surface area contributed by atoms with Gasteiger partial charge in [-0.3, -0.25) is 19.4 Å². The van der Waals surface area contributed by atoms with Crippen molar-refractivity contribution in [2.45, 2.75) is 31.2 Å². The summed E-state index contributed by atoms with van der Waals surface area (Å²) in [5, 5.41) is 0. The molecule has 2 amide bonds. The molecule has 9 heteroatoms. The van der Waals surface area contributed by atoms with Crippen LogP contribution in [0.15, 0.2) is 96.7 Å². The van der Waals surface area contributed by atoms with Gasteiger partial charge in [0.1, 0.15) is 4.32 Å². The van der Waals surface area contributed by atoms with Gasteiger partial charge in [-0.15, -0.1) is 0 Å². The molecule has 2 aliphatic heterocycles. The molecule has 1 saturated heterocycles. The minimum Gasteiger partial charge on any atom is -0.469 e. The minimum atomic E-state index is -0.672. The molecule has 5 rings (SSSR count). The molecule has 3 aromatic carbocycles. The number of amides is 2. The number of carbonyl (C=O) groups excluding carboxylic acids is 3. The lowest BCUT2D eigenvalue weighted by Crippen LogP contribution is -2.42. The van der Waals surface area contributed by atoms with Crippen molar-refractivity contribution in [3.63, 3.8) is 0 Å². The molecule has 0 aliphatic carbocycles. The van der Waals surface area contributed by atoms with E-state index in [4.69, 9.17) is 21.7 Å². The number of carbonyl (C=O) groups is 3. The van der Waals surface area contributed by atoms with E-state index in [0.717, 1.165) is 12.0 Å². The van der Waals surface area contributed by atoms with Crippen LogP contribution in [0.1, 0.15) is 41.5 Å². The van der Waals surface area contributed by atoms with Crippen LogP contribution in [0.2, 0.25) is 0 Å². The number of hydrogen-bond acceptors (Lipinski definition) is 7. The summed E-state index contributed by atoms with van der Waals surface area (Å²) in [6.45, 7) is 0. The van der Waals surface area contributed by atoms with E-state index in [-0.39, 0.29) is 11.9 Å². The number of benzene rings is 3. The maximum absolute atomic E-state index is 14.6. The number of anilines is 1. The molecule has 0 N–H and O–H groups in total. The van der Waals surface area contributed by atoms with Crippen LogP contribution in [-0.2, 0) is 25.5 Å². The monoisotopic (exact) mass is 600 g/mol. The number of methoxy groups -OCH3 is 2.